The number of rotatable bonds is 0. The van der Waals surface area contributed by atoms with Gasteiger partial charge in [0.25, 0.3) is 0 Å². The molecule has 0 radical (unpaired) electrons. The van der Waals surface area contributed by atoms with Crippen molar-refractivity contribution >= 4 is 0 Å². The predicted octanol–water partition coefficient (Wildman–Crippen LogP) is -0.729. The van der Waals surface area contributed by atoms with E-state index in [9.17, 15) is 0 Å². The topological polar surface area (TPSA) is 53.2 Å². The molecule has 0 atom stereocenters. The van der Waals surface area contributed by atoms with E-state index >= 15 is 0 Å². The normalized spacial score (nSPS) is 25.1. The Morgan fingerprint density at radius 2 is 2.29 bits per heavy atom. The van der Waals surface area contributed by atoms with Crippen LogP contribution in [0.25, 0.3) is 0 Å². The number of nitriles is 1. The average Bonchev–Trinajstić information content (AvgIpc) is 1.61. The van der Waals surface area contributed by atoms with Gasteiger partial charge in [-0.1, -0.05) is 0 Å². The zero-order valence-electron chi connectivity index (χ0n) is 3.72. The van der Waals surface area contributed by atoms with Gasteiger partial charge in [0.15, 0.2) is 5.60 Å². The smallest absolute Gasteiger partial charge is 0.197 e. The third kappa shape index (κ3) is 0.581. The molecular formula is C4H5NO2. The molecule has 1 aliphatic rings. The van der Waals surface area contributed by atoms with Gasteiger partial charge in [0.05, 0.1) is 13.2 Å². The van der Waals surface area contributed by atoms with Crippen LogP contribution < -0.4 is 0 Å². The van der Waals surface area contributed by atoms with Gasteiger partial charge in [-0.15, -0.1) is 0 Å². The second kappa shape index (κ2) is 1.19. The lowest BCUT2D eigenvalue weighted by Gasteiger charge is -2.28. The van der Waals surface area contributed by atoms with Crippen LogP contribution in [0.1, 0.15) is 0 Å². The van der Waals surface area contributed by atoms with Crippen LogP contribution in [0.3, 0.4) is 0 Å². The summed E-state index contributed by atoms with van der Waals surface area (Å²) < 4.78 is 4.56. The quantitative estimate of drug-likeness (QED) is 0.407. The van der Waals surface area contributed by atoms with Crippen molar-refractivity contribution in [3.8, 4) is 6.07 Å². The van der Waals surface area contributed by atoms with Crippen LogP contribution in [-0.4, -0.2) is 23.9 Å². The van der Waals surface area contributed by atoms with Gasteiger partial charge >= 0.3 is 0 Å². The van der Waals surface area contributed by atoms with E-state index in [0.29, 0.717) is 0 Å². The van der Waals surface area contributed by atoms with E-state index < -0.39 is 5.60 Å². The van der Waals surface area contributed by atoms with Gasteiger partial charge in [-0.2, -0.15) is 5.26 Å². The fourth-order valence-electron chi connectivity index (χ4n) is 0.360. The van der Waals surface area contributed by atoms with E-state index in [1.54, 1.807) is 6.07 Å². The van der Waals surface area contributed by atoms with Crippen molar-refractivity contribution in [1.29, 1.82) is 5.26 Å². The van der Waals surface area contributed by atoms with Crippen LogP contribution in [0.15, 0.2) is 0 Å². The molecule has 0 bridgehead atoms. The monoisotopic (exact) mass is 99.0 g/mol. The maximum Gasteiger partial charge on any atom is 0.197 e. The highest BCUT2D eigenvalue weighted by molar-refractivity contribution is 5.04. The number of nitrogens with zero attached hydrogens (tertiary/aromatic N) is 1. The van der Waals surface area contributed by atoms with Crippen molar-refractivity contribution in [2.75, 3.05) is 13.2 Å². The van der Waals surface area contributed by atoms with Gasteiger partial charge in [-0.25, -0.2) is 0 Å². The summed E-state index contributed by atoms with van der Waals surface area (Å²) in [5.74, 6) is 0. The fourth-order valence-corrected chi connectivity index (χ4v) is 0.360. The average molecular weight is 99.1 g/mol. The lowest BCUT2D eigenvalue weighted by atomic mass is 10.1. The molecule has 38 valence electrons. The first-order valence-electron chi connectivity index (χ1n) is 1.98. The highest BCUT2D eigenvalue weighted by Crippen LogP contribution is 2.13. The van der Waals surface area contributed by atoms with Crippen LogP contribution in [0, 0.1) is 11.3 Å². The van der Waals surface area contributed by atoms with Gasteiger partial charge in [0.1, 0.15) is 6.07 Å². The Bertz CT molecular complexity index is 111. The Morgan fingerprint density at radius 1 is 1.71 bits per heavy atom. The van der Waals surface area contributed by atoms with E-state index in [2.05, 4.69) is 4.74 Å². The van der Waals surface area contributed by atoms with Crippen LogP contribution >= 0.6 is 0 Å². The van der Waals surface area contributed by atoms with Crippen molar-refractivity contribution in [3.63, 3.8) is 0 Å². The molecular weight excluding hydrogens is 94.0 g/mol. The zero-order valence-corrected chi connectivity index (χ0v) is 3.72. The van der Waals surface area contributed by atoms with E-state index in [1.807, 2.05) is 0 Å². The number of hydrogen-bond donors (Lipinski definition) is 1. The molecule has 0 aromatic heterocycles. The molecule has 0 saturated carbocycles. The number of ether oxygens (including phenoxy) is 1. The molecule has 0 aliphatic carbocycles. The highest BCUT2D eigenvalue weighted by Gasteiger charge is 2.35. The first kappa shape index (κ1) is 4.57. The van der Waals surface area contributed by atoms with E-state index in [4.69, 9.17) is 10.4 Å². The second-order valence-corrected chi connectivity index (χ2v) is 1.64. The summed E-state index contributed by atoms with van der Waals surface area (Å²) >= 11 is 0. The maximum atomic E-state index is 8.73. The van der Waals surface area contributed by atoms with Gasteiger partial charge in [-0.05, 0) is 0 Å². The van der Waals surface area contributed by atoms with Gasteiger partial charge in [0.2, 0.25) is 0 Å². The fraction of sp³-hybridized carbons (Fsp3) is 0.750. The predicted molar refractivity (Wildman–Crippen MR) is 21.4 cm³/mol. The van der Waals surface area contributed by atoms with Crippen LogP contribution in [-0.2, 0) is 4.74 Å². The van der Waals surface area contributed by atoms with Crippen molar-refractivity contribution in [3.05, 3.63) is 0 Å². The third-order valence-corrected chi connectivity index (χ3v) is 0.890. The van der Waals surface area contributed by atoms with Crippen molar-refractivity contribution in [2.24, 2.45) is 0 Å². The SMILES string of the molecule is N#CC1(O)COC1. The summed E-state index contributed by atoms with van der Waals surface area (Å²) in [6.07, 6.45) is 0. The lowest BCUT2D eigenvalue weighted by molar-refractivity contribution is -0.142. The summed E-state index contributed by atoms with van der Waals surface area (Å²) in [6.45, 7) is 0.340. The summed E-state index contributed by atoms with van der Waals surface area (Å²) in [5.41, 5.74) is -1.15. The first-order valence-corrected chi connectivity index (χ1v) is 1.98. The Hall–Kier alpha value is -0.590. The van der Waals surface area contributed by atoms with Gasteiger partial charge < -0.3 is 9.84 Å². The third-order valence-electron chi connectivity index (χ3n) is 0.890. The molecule has 0 aromatic rings. The number of hydrogen-bond acceptors (Lipinski definition) is 3. The van der Waals surface area contributed by atoms with Crippen molar-refractivity contribution in [1.82, 2.24) is 0 Å². The number of aliphatic hydroxyl groups is 1. The summed E-state index contributed by atoms with van der Waals surface area (Å²) in [6, 6.07) is 1.71. The van der Waals surface area contributed by atoms with E-state index in [1.165, 1.54) is 0 Å². The molecule has 1 fully saturated rings. The minimum atomic E-state index is -1.15. The van der Waals surface area contributed by atoms with Crippen LogP contribution in [0.5, 0.6) is 0 Å². The minimum Gasteiger partial charge on any atom is -0.373 e. The Labute approximate surface area is 41.1 Å². The molecule has 0 spiro atoms. The highest BCUT2D eigenvalue weighted by atomic mass is 16.5. The lowest BCUT2D eigenvalue weighted by Crippen LogP contribution is -2.47. The molecule has 3 nitrogen and oxygen atoms in total. The largest absolute Gasteiger partial charge is 0.373 e. The summed E-state index contributed by atoms with van der Waals surface area (Å²) in [4.78, 5) is 0. The first-order chi connectivity index (χ1) is 3.27. The molecule has 0 unspecified atom stereocenters. The molecule has 7 heavy (non-hydrogen) atoms. The molecule has 1 saturated heterocycles. The summed E-state index contributed by atoms with van der Waals surface area (Å²) in [7, 11) is 0. The molecule has 1 heterocycles. The Morgan fingerprint density at radius 3 is 2.29 bits per heavy atom. The molecule has 1 rings (SSSR count). The molecule has 1 N–H and O–H groups in total. The second-order valence-electron chi connectivity index (χ2n) is 1.64. The summed E-state index contributed by atoms with van der Waals surface area (Å²) in [5, 5.41) is 16.8. The molecule has 3 heteroatoms. The minimum absolute atomic E-state index is 0.170. The van der Waals surface area contributed by atoms with Gasteiger partial charge in [0, 0.05) is 0 Å². The molecule has 0 aromatic carbocycles. The van der Waals surface area contributed by atoms with Gasteiger partial charge in [-0.3, -0.25) is 0 Å². The van der Waals surface area contributed by atoms with Crippen LogP contribution in [0.2, 0.25) is 0 Å². The van der Waals surface area contributed by atoms with Crippen molar-refractivity contribution in [2.45, 2.75) is 5.60 Å². The Kier molecular flexibility index (Phi) is 0.775. The zero-order chi connectivity index (χ0) is 5.33. The van der Waals surface area contributed by atoms with E-state index in [0.717, 1.165) is 0 Å². The maximum absolute atomic E-state index is 8.73. The molecule has 0 amide bonds. The van der Waals surface area contributed by atoms with Crippen LogP contribution in [0.4, 0.5) is 0 Å². The van der Waals surface area contributed by atoms with E-state index in [-0.39, 0.29) is 13.2 Å². The standard InChI is InChI=1S/C4H5NO2/c5-1-4(6)2-7-3-4/h6H,2-3H2. The Balaban J connectivity index is 2.48. The molecule has 1 aliphatic heterocycles. The van der Waals surface area contributed by atoms with Crippen molar-refractivity contribution < 1.29 is 9.84 Å².